The highest BCUT2D eigenvalue weighted by Crippen LogP contribution is 2.06. The third-order valence-corrected chi connectivity index (χ3v) is 4.91. The number of amides is 4. The fourth-order valence-electron chi connectivity index (χ4n) is 2.63. The van der Waals surface area contributed by atoms with Crippen LogP contribution in [0.2, 0.25) is 0 Å². The molecule has 0 aliphatic carbocycles. The van der Waals surface area contributed by atoms with Gasteiger partial charge < -0.3 is 44.0 Å². The smallest absolute Gasteiger partial charge is 0.326 e. The summed E-state index contributed by atoms with van der Waals surface area (Å²) in [6.07, 6.45) is 0.354. The fraction of sp³-hybridized carbons (Fsp3) is 0.684. The van der Waals surface area contributed by atoms with Gasteiger partial charge in [-0.1, -0.05) is 20.3 Å². The van der Waals surface area contributed by atoms with E-state index >= 15 is 0 Å². The number of carboxylic acids is 1. The minimum absolute atomic E-state index is 0.0459. The summed E-state index contributed by atoms with van der Waals surface area (Å²) < 4.78 is 0. The third-order valence-electron chi connectivity index (χ3n) is 4.91. The number of aliphatic carboxylic acids is 1. The van der Waals surface area contributed by atoms with Crippen molar-refractivity contribution in [1.29, 1.82) is 0 Å². The predicted octanol–water partition coefficient (Wildman–Crippen LogP) is -3.15. The lowest BCUT2D eigenvalue weighted by molar-refractivity contribution is -0.143. The van der Waals surface area contributed by atoms with Gasteiger partial charge >= 0.3 is 5.97 Å². The van der Waals surface area contributed by atoms with Crippen LogP contribution in [0, 0.1) is 5.92 Å². The van der Waals surface area contributed by atoms with Gasteiger partial charge in [0.05, 0.1) is 12.5 Å². The van der Waals surface area contributed by atoms with E-state index in [1.165, 1.54) is 6.92 Å². The largest absolute Gasteiger partial charge is 0.480 e. The summed E-state index contributed by atoms with van der Waals surface area (Å²) >= 11 is 0. The SMILES string of the molecule is CCC(C)C(N)C(=O)NC(C)C(=O)NC(CCCN=C(N)N)C(=O)NC(CC(N)=O)C(=O)O. The van der Waals surface area contributed by atoms with Crippen LogP contribution in [0.3, 0.4) is 0 Å². The first-order chi connectivity index (χ1) is 15.3. The first kappa shape index (κ1) is 29.6. The van der Waals surface area contributed by atoms with Crippen LogP contribution in [0.1, 0.15) is 46.5 Å². The Hall–Kier alpha value is -3.42. The lowest BCUT2D eigenvalue weighted by Gasteiger charge is -2.24. The van der Waals surface area contributed by atoms with Crippen LogP contribution < -0.4 is 38.9 Å². The van der Waals surface area contributed by atoms with Crippen LogP contribution in [0.15, 0.2) is 4.99 Å². The van der Waals surface area contributed by atoms with Crippen molar-refractivity contribution in [1.82, 2.24) is 16.0 Å². The van der Waals surface area contributed by atoms with E-state index in [1.54, 1.807) is 6.92 Å². The Morgan fingerprint density at radius 1 is 0.909 bits per heavy atom. The molecule has 0 aliphatic heterocycles. The first-order valence-electron chi connectivity index (χ1n) is 10.5. The molecule has 5 atom stereocenters. The molecule has 14 nitrogen and oxygen atoms in total. The van der Waals surface area contributed by atoms with Crippen LogP contribution in [0.5, 0.6) is 0 Å². The molecule has 188 valence electrons. The fourth-order valence-corrected chi connectivity index (χ4v) is 2.63. The standard InChI is InChI=1S/C19H36N8O6/c1-4-9(2)14(21)17(31)25-10(3)15(29)26-11(6-5-7-24-19(22)23)16(30)27-12(18(32)33)8-13(20)28/h9-12,14H,4-8,21H2,1-3H3,(H2,20,28)(H,25,31)(H,26,29)(H,27,30)(H,32,33)(H4,22,23,24). The Morgan fingerprint density at radius 3 is 1.97 bits per heavy atom. The first-order valence-corrected chi connectivity index (χ1v) is 10.5. The summed E-state index contributed by atoms with van der Waals surface area (Å²) in [5.41, 5.74) is 21.4. The maximum absolute atomic E-state index is 12.7. The van der Waals surface area contributed by atoms with Gasteiger partial charge in [-0.15, -0.1) is 0 Å². The summed E-state index contributed by atoms with van der Waals surface area (Å²) in [6.45, 7) is 5.25. The Labute approximate surface area is 192 Å². The average Bonchev–Trinajstić information content (AvgIpc) is 2.73. The number of carbonyl (C=O) groups excluding carboxylic acids is 4. The van der Waals surface area contributed by atoms with Crippen molar-refractivity contribution in [3.63, 3.8) is 0 Å². The molecule has 0 heterocycles. The Morgan fingerprint density at radius 2 is 1.48 bits per heavy atom. The monoisotopic (exact) mass is 472 g/mol. The summed E-state index contributed by atoms with van der Waals surface area (Å²) in [4.78, 5) is 63.6. The molecule has 0 radical (unpaired) electrons. The van der Waals surface area contributed by atoms with Gasteiger partial charge in [0.2, 0.25) is 23.6 Å². The number of rotatable bonds is 15. The average molecular weight is 473 g/mol. The molecule has 0 fully saturated rings. The maximum atomic E-state index is 12.7. The van der Waals surface area contributed by atoms with Gasteiger partial charge in [-0.05, 0) is 25.7 Å². The van der Waals surface area contributed by atoms with Crippen molar-refractivity contribution in [3.05, 3.63) is 0 Å². The third kappa shape index (κ3) is 11.7. The Balaban J connectivity index is 5.30. The van der Waals surface area contributed by atoms with Gasteiger partial charge in [0, 0.05) is 6.54 Å². The van der Waals surface area contributed by atoms with Crippen molar-refractivity contribution >= 4 is 35.6 Å². The molecule has 0 aromatic carbocycles. The van der Waals surface area contributed by atoms with Crippen LogP contribution in [0.25, 0.3) is 0 Å². The molecule has 0 aliphatic rings. The minimum atomic E-state index is -1.57. The van der Waals surface area contributed by atoms with Crippen LogP contribution in [-0.4, -0.2) is 71.4 Å². The van der Waals surface area contributed by atoms with E-state index in [4.69, 9.17) is 22.9 Å². The highest BCUT2D eigenvalue weighted by Gasteiger charge is 2.29. The molecule has 0 rings (SSSR count). The number of nitrogens with zero attached hydrogens (tertiary/aromatic N) is 1. The lowest BCUT2D eigenvalue weighted by Crippen LogP contribution is -2.57. The summed E-state index contributed by atoms with van der Waals surface area (Å²) in [7, 11) is 0. The maximum Gasteiger partial charge on any atom is 0.326 e. The molecule has 0 aromatic heterocycles. The van der Waals surface area contributed by atoms with Gasteiger partial charge in [0.1, 0.15) is 18.1 Å². The number of carbonyl (C=O) groups is 5. The summed E-state index contributed by atoms with van der Waals surface area (Å²) in [5.74, 6) is -4.71. The second-order valence-electron chi connectivity index (χ2n) is 7.72. The number of carboxylic acid groups (broad SMARTS) is 1. The number of hydrogen-bond donors (Lipinski definition) is 8. The molecule has 0 saturated carbocycles. The highest BCUT2D eigenvalue weighted by atomic mass is 16.4. The van der Waals surface area contributed by atoms with Crippen molar-refractivity contribution in [2.75, 3.05) is 6.54 Å². The van der Waals surface area contributed by atoms with Gasteiger partial charge in [0.15, 0.2) is 5.96 Å². The van der Waals surface area contributed by atoms with E-state index in [0.29, 0.717) is 6.42 Å². The molecule has 4 amide bonds. The Kier molecular flexibility index (Phi) is 13.1. The number of nitrogens with one attached hydrogen (secondary N) is 3. The van der Waals surface area contributed by atoms with E-state index < -0.39 is 60.2 Å². The number of guanidine groups is 1. The van der Waals surface area contributed by atoms with Crippen LogP contribution in [-0.2, 0) is 24.0 Å². The zero-order valence-electron chi connectivity index (χ0n) is 19.2. The summed E-state index contributed by atoms with van der Waals surface area (Å²) in [6, 6.07) is -4.60. The highest BCUT2D eigenvalue weighted by molar-refractivity contribution is 5.94. The van der Waals surface area contributed by atoms with Gasteiger partial charge in [0.25, 0.3) is 0 Å². The number of primary amides is 1. The molecule has 12 N–H and O–H groups in total. The van der Waals surface area contributed by atoms with Gasteiger partial charge in [-0.25, -0.2) is 4.79 Å². The van der Waals surface area contributed by atoms with E-state index in [1.807, 2.05) is 6.92 Å². The predicted molar refractivity (Wildman–Crippen MR) is 120 cm³/mol. The second kappa shape index (κ2) is 14.6. The van der Waals surface area contributed by atoms with Crippen molar-refractivity contribution in [3.8, 4) is 0 Å². The zero-order chi connectivity index (χ0) is 25.7. The quantitative estimate of drug-likeness (QED) is 0.0678. The summed E-state index contributed by atoms with van der Waals surface area (Å²) in [5, 5.41) is 16.3. The van der Waals surface area contributed by atoms with E-state index in [9.17, 15) is 29.1 Å². The van der Waals surface area contributed by atoms with Gasteiger partial charge in [-0.2, -0.15) is 0 Å². The zero-order valence-corrected chi connectivity index (χ0v) is 19.2. The minimum Gasteiger partial charge on any atom is -0.480 e. The van der Waals surface area contributed by atoms with Crippen LogP contribution in [0.4, 0.5) is 0 Å². The topological polar surface area (TPSA) is 258 Å². The molecule has 5 unspecified atom stereocenters. The molecule has 0 saturated heterocycles. The van der Waals surface area contributed by atoms with E-state index in [0.717, 1.165) is 0 Å². The second-order valence-corrected chi connectivity index (χ2v) is 7.72. The molecule has 14 heteroatoms. The van der Waals surface area contributed by atoms with Crippen LogP contribution >= 0.6 is 0 Å². The lowest BCUT2D eigenvalue weighted by atomic mass is 9.99. The van der Waals surface area contributed by atoms with Crippen molar-refractivity contribution in [2.24, 2.45) is 33.8 Å². The van der Waals surface area contributed by atoms with Crippen molar-refractivity contribution < 1.29 is 29.1 Å². The molecule has 0 spiro atoms. The molecular weight excluding hydrogens is 436 g/mol. The van der Waals surface area contributed by atoms with E-state index in [2.05, 4.69) is 20.9 Å². The van der Waals surface area contributed by atoms with E-state index in [-0.39, 0.29) is 31.3 Å². The van der Waals surface area contributed by atoms with Gasteiger partial charge in [-0.3, -0.25) is 24.2 Å². The number of aliphatic imine (C=N–C) groups is 1. The molecule has 33 heavy (non-hydrogen) atoms. The normalized spacial score (nSPS) is 15.2. The number of hydrogen-bond acceptors (Lipinski definition) is 7. The number of nitrogens with two attached hydrogens (primary N) is 4. The molecule has 0 aromatic rings. The molecular formula is C19H36N8O6. The van der Waals surface area contributed by atoms with Crippen molar-refractivity contribution in [2.45, 2.75) is 70.6 Å². The Bertz CT molecular complexity index is 740. The molecule has 0 bridgehead atoms.